The standard InChI is InChI=1S/C28H26F3N5O4/c29-28(30,31)21-4-2-1-3-19(21)25-20(26(40-34-25)15-5-6-15)14-39-18-11-16-7-8-17(12-18)36(16)23-9-10-35-24(32-23)13-22(33-35)27(37)38/h1-4,9-10,13,15-18H,5-8,11-12,14H2,(H,37,38)/t16-,17?,18?/m0/s1. The first kappa shape index (κ1) is 25.1. The van der Waals surface area contributed by atoms with E-state index >= 15 is 0 Å². The summed E-state index contributed by atoms with van der Waals surface area (Å²) in [6, 6.07) is 9.13. The van der Waals surface area contributed by atoms with Crippen molar-refractivity contribution in [3.8, 4) is 11.3 Å². The van der Waals surface area contributed by atoms with Gasteiger partial charge in [-0.3, -0.25) is 0 Å². The van der Waals surface area contributed by atoms with E-state index in [1.807, 2.05) is 6.07 Å². The van der Waals surface area contributed by atoms with Crippen LogP contribution in [0.4, 0.5) is 19.0 Å². The zero-order valence-electron chi connectivity index (χ0n) is 21.3. The summed E-state index contributed by atoms with van der Waals surface area (Å²) in [5.41, 5.74) is 0.490. The molecule has 1 aliphatic carbocycles. The Morgan fingerprint density at radius 3 is 2.55 bits per heavy atom. The Morgan fingerprint density at radius 1 is 1.10 bits per heavy atom. The summed E-state index contributed by atoms with van der Waals surface area (Å²) in [5.74, 6) is 0.470. The molecule has 2 bridgehead atoms. The molecule has 3 aromatic heterocycles. The second kappa shape index (κ2) is 9.33. The first-order chi connectivity index (χ1) is 19.3. The minimum Gasteiger partial charge on any atom is -0.476 e. The van der Waals surface area contributed by atoms with Gasteiger partial charge < -0.3 is 19.3 Å². The van der Waals surface area contributed by atoms with Crippen LogP contribution < -0.4 is 4.90 Å². The van der Waals surface area contributed by atoms with E-state index in [9.17, 15) is 23.1 Å². The molecule has 3 fully saturated rings. The molecule has 1 saturated carbocycles. The molecule has 4 aromatic rings. The van der Waals surface area contributed by atoms with Gasteiger partial charge in [0, 0.05) is 41.4 Å². The van der Waals surface area contributed by atoms with Crippen LogP contribution in [-0.4, -0.2) is 49.0 Å². The summed E-state index contributed by atoms with van der Waals surface area (Å²) in [7, 11) is 0. The van der Waals surface area contributed by atoms with Crippen LogP contribution in [0, 0.1) is 0 Å². The Kier molecular flexibility index (Phi) is 5.84. The van der Waals surface area contributed by atoms with Crippen molar-refractivity contribution >= 4 is 17.4 Å². The molecular weight excluding hydrogens is 527 g/mol. The number of aromatic carboxylic acids is 1. The van der Waals surface area contributed by atoms with E-state index in [1.165, 1.54) is 22.7 Å². The van der Waals surface area contributed by atoms with E-state index in [0.29, 0.717) is 17.0 Å². The van der Waals surface area contributed by atoms with E-state index in [0.717, 1.165) is 50.4 Å². The highest BCUT2D eigenvalue weighted by Gasteiger charge is 2.43. The number of carbonyl (C=O) groups is 1. The first-order valence-electron chi connectivity index (χ1n) is 13.4. The summed E-state index contributed by atoms with van der Waals surface area (Å²) >= 11 is 0. The quantitative estimate of drug-likeness (QED) is 0.311. The highest BCUT2D eigenvalue weighted by atomic mass is 19.4. The number of alkyl halides is 3. The maximum absolute atomic E-state index is 13.8. The summed E-state index contributed by atoms with van der Waals surface area (Å²) < 4.78 is 54.8. The molecule has 2 unspecified atom stereocenters. The van der Waals surface area contributed by atoms with Crippen LogP contribution >= 0.6 is 0 Å². The highest BCUT2D eigenvalue weighted by Crippen LogP contribution is 2.46. The van der Waals surface area contributed by atoms with Crippen molar-refractivity contribution in [2.24, 2.45) is 0 Å². The number of fused-ring (bicyclic) bond motifs is 3. The molecule has 0 radical (unpaired) electrons. The van der Waals surface area contributed by atoms with Crippen LogP contribution in [0.5, 0.6) is 0 Å². The molecule has 40 heavy (non-hydrogen) atoms. The molecule has 2 aliphatic heterocycles. The summed E-state index contributed by atoms with van der Waals surface area (Å²) in [5, 5.41) is 17.4. The van der Waals surface area contributed by atoms with Gasteiger partial charge in [-0.15, -0.1) is 0 Å². The molecule has 7 rings (SSSR count). The van der Waals surface area contributed by atoms with Crippen molar-refractivity contribution < 1.29 is 32.3 Å². The van der Waals surface area contributed by atoms with Crippen molar-refractivity contribution in [2.45, 2.75) is 75.4 Å². The smallest absolute Gasteiger partial charge is 0.417 e. The second-order valence-electron chi connectivity index (χ2n) is 10.8. The largest absolute Gasteiger partial charge is 0.476 e. The number of hydrogen-bond acceptors (Lipinski definition) is 7. The van der Waals surface area contributed by atoms with Gasteiger partial charge in [-0.1, -0.05) is 23.4 Å². The summed E-state index contributed by atoms with van der Waals surface area (Å²) in [6.45, 7) is 0.138. The molecule has 5 heterocycles. The molecule has 3 atom stereocenters. The Labute approximate surface area is 226 Å². The number of halogens is 3. The maximum atomic E-state index is 13.8. The van der Waals surface area contributed by atoms with Gasteiger partial charge in [-0.2, -0.15) is 18.3 Å². The number of anilines is 1. The number of carboxylic acid groups (broad SMARTS) is 1. The third-order valence-electron chi connectivity index (χ3n) is 8.20. The minimum atomic E-state index is -4.51. The Bertz CT molecular complexity index is 1580. The fourth-order valence-electron chi connectivity index (χ4n) is 6.23. The molecule has 1 N–H and O–H groups in total. The van der Waals surface area contributed by atoms with E-state index in [2.05, 4.69) is 20.1 Å². The zero-order valence-corrected chi connectivity index (χ0v) is 21.3. The number of benzene rings is 1. The lowest BCUT2D eigenvalue weighted by Crippen LogP contribution is -2.46. The van der Waals surface area contributed by atoms with Gasteiger partial charge in [0.15, 0.2) is 11.3 Å². The van der Waals surface area contributed by atoms with Crippen molar-refractivity contribution in [3.63, 3.8) is 0 Å². The van der Waals surface area contributed by atoms with Gasteiger partial charge in [0.25, 0.3) is 0 Å². The van der Waals surface area contributed by atoms with Gasteiger partial charge in [0.05, 0.1) is 18.3 Å². The Balaban J connectivity index is 1.10. The molecule has 0 amide bonds. The monoisotopic (exact) mass is 553 g/mol. The number of carboxylic acids is 1. The van der Waals surface area contributed by atoms with Gasteiger partial charge in [-0.05, 0) is 50.7 Å². The SMILES string of the molecule is O=C(O)c1cc2nc(N3C4CC[C@H]3CC(OCc3c(-c5ccccc5C(F)(F)F)noc3C3CC3)C4)ccn2n1. The third kappa shape index (κ3) is 4.40. The van der Waals surface area contributed by atoms with Crippen LogP contribution in [-0.2, 0) is 17.5 Å². The predicted molar refractivity (Wildman–Crippen MR) is 136 cm³/mol. The number of nitrogens with zero attached hydrogens (tertiary/aromatic N) is 5. The van der Waals surface area contributed by atoms with E-state index in [4.69, 9.17) is 9.26 Å². The van der Waals surface area contributed by atoms with Crippen LogP contribution in [0.1, 0.15) is 71.8 Å². The predicted octanol–water partition coefficient (Wildman–Crippen LogP) is 5.70. The van der Waals surface area contributed by atoms with Gasteiger partial charge in [0.1, 0.15) is 17.3 Å². The lowest BCUT2D eigenvalue weighted by molar-refractivity contribution is -0.137. The first-order valence-corrected chi connectivity index (χ1v) is 13.4. The molecule has 208 valence electrons. The lowest BCUT2D eigenvalue weighted by Gasteiger charge is -2.39. The van der Waals surface area contributed by atoms with Gasteiger partial charge >= 0.3 is 12.1 Å². The molecule has 12 heteroatoms. The minimum absolute atomic E-state index is 0.00605. The fourth-order valence-corrected chi connectivity index (χ4v) is 6.23. The van der Waals surface area contributed by atoms with Gasteiger partial charge in [0.2, 0.25) is 0 Å². The van der Waals surface area contributed by atoms with Gasteiger partial charge in [-0.25, -0.2) is 14.3 Å². The summed E-state index contributed by atoms with van der Waals surface area (Å²) in [4.78, 5) is 18.3. The second-order valence-corrected chi connectivity index (χ2v) is 10.8. The Hall–Kier alpha value is -3.93. The fraction of sp³-hybridized carbons (Fsp3) is 0.429. The third-order valence-corrected chi connectivity index (χ3v) is 8.20. The van der Waals surface area contributed by atoms with Crippen molar-refractivity contribution in [3.05, 3.63) is 65.2 Å². The number of aromatic nitrogens is 4. The number of piperidine rings is 1. The van der Waals surface area contributed by atoms with Crippen molar-refractivity contribution in [1.82, 2.24) is 19.8 Å². The number of rotatable bonds is 7. The van der Waals surface area contributed by atoms with E-state index in [1.54, 1.807) is 12.3 Å². The molecule has 9 nitrogen and oxygen atoms in total. The Morgan fingerprint density at radius 2 is 1.85 bits per heavy atom. The van der Waals surface area contributed by atoms with Crippen LogP contribution in [0.2, 0.25) is 0 Å². The van der Waals surface area contributed by atoms with Crippen LogP contribution in [0.3, 0.4) is 0 Å². The van der Waals surface area contributed by atoms with E-state index < -0.39 is 17.7 Å². The lowest BCUT2D eigenvalue weighted by atomic mass is 9.98. The van der Waals surface area contributed by atoms with Crippen molar-refractivity contribution in [1.29, 1.82) is 0 Å². The highest BCUT2D eigenvalue weighted by molar-refractivity contribution is 5.86. The topological polar surface area (TPSA) is 106 Å². The summed E-state index contributed by atoms with van der Waals surface area (Å²) in [6.07, 6.45) is 2.44. The van der Waals surface area contributed by atoms with E-state index in [-0.39, 0.29) is 47.7 Å². The number of ether oxygens (including phenoxy) is 1. The number of hydrogen-bond donors (Lipinski definition) is 1. The normalized spacial score (nSPS) is 22.8. The zero-order chi connectivity index (χ0) is 27.6. The average molecular weight is 554 g/mol. The molecular formula is C28H26F3N5O4. The molecule has 1 aromatic carbocycles. The van der Waals surface area contributed by atoms with Crippen LogP contribution in [0.15, 0.2) is 47.1 Å². The average Bonchev–Trinajstić information content (AvgIpc) is 3.43. The maximum Gasteiger partial charge on any atom is 0.417 e. The molecule has 2 saturated heterocycles. The van der Waals surface area contributed by atoms with Crippen molar-refractivity contribution in [2.75, 3.05) is 4.90 Å². The molecule has 0 spiro atoms. The van der Waals surface area contributed by atoms with Crippen LogP contribution in [0.25, 0.3) is 16.9 Å². The molecule has 3 aliphatic rings.